The van der Waals surface area contributed by atoms with Gasteiger partial charge in [-0.3, -0.25) is 0 Å². The van der Waals surface area contributed by atoms with E-state index >= 15 is 0 Å². The first-order chi connectivity index (χ1) is 8.88. The van der Waals surface area contributed by atoms with Crippen LogP contribution in [-0.4, -0.2) is 4.21 Å². The van der Waals surface area contributed by atoms with E-state index in [4.69, 9.17) is 0 Å². The molecule has 0 aromatic rings. The molecule has 0 aromatic carbocycles. The maximum Gasteiger partial charge on any atom is 0.0760 e. The van der Waals surface area contributed by atoms with Crippen LogP contribution >= 0.6 is 0 Å². The first-order valence-corrected chi connectivity index (χ1v) is 8.83. The van der Waals surface area contributed by atoms with E-state index in [0.717, 1.165) is 25.7 Å². The third-order valence-electron chi connectivity index (χ3n) is 3.97. The van der Waals surface area contributed by atoms with Crippen LogP contribution in [0.2, 0.25) is 0 Å². The van der Waals surface area contributed by atoms with Gasteiger partial charge >= 0.3 is 0 Å². The van der Waals surface area contributed by atoms with Crippen molar-refractivity contribution in [2.75, 3.05) is 0 Å². The standard InChI is InChI=1S/C16H26OS/c17-18(15-11-7-3-1-4-8-12-15)16-13-9-5-2-6-10-14-16/h11,13H,1-10,12,14H2. The van der Waals surface area contributed by atoms with Crippen LogP contribution in [0.15, 0.2) is 22.0 Å². The van der Waals surface area contributed by atoms with E-state index in [0.29, 0.717) is 0 Å². The molecule has 0 aliphatic heterocycles. The van der Waals surface area contributed by atoms with Crippen molar-refractivity contribution in [3.05, 3.63) is 22.0 Å². The van der Waals surface area contributed by atoms with E-state index < -0.39 is 10.8 Å². The van der Waals surface area contributed by atoms with Gasteiger partial charge in [-0.1, -0.05) is 37.8 Å². The minimum Gasteiger partial charge on any atom is -0.250 e. The average molecular weight is 266 g/mol. The minimum absolute atomic E-state index is 0.808. The van der Waals surface area contributed by atoms with Crippen molar-refractivity contribution >= 4 is 10.8 Å². The van der Waals surface area contributed by atoms with Crippen LogP contribution in [0.3, 0.4) is 0 Å². The highest BCUT2D eigenvalue weighted by Gasteiger charge is 2.14. The van der Waals surface area contributed by atoms with E-state index in [1.807, 2.05) is 0 Å². The molecule has 18 heavy (non-hydrogen) atoms. The van der Waals surface area contributed by atoms with Crippen molar-refractivity contribution < 1.29 is 4.21 Å². The van der Waals surface area contributed by atoms with Gasteiger partial charge in [-0.05, 0) is 51.4 Å². The molecule has 0 aromatic heterocycles. The second-order valence-electron chi connectivity index (χ2n) is 5.52. The summed E-state index contributed by atoms with van der Waals surface area (Å²) in [7, 11) is -0.808. The minimum atomic E-state index is -0.808. The fourth-order valence-corrected chi connectivity index (χ4v) is 4.36. The zero-order chi connectivity index (χ0) is 12.6. The Bertz CT molecular complexity index is 309. The number of hydrogen-bond donors (Lipinski definition) is 0. The van der Waals surface area contributed by atoms with Crippen molar-refractivity contribution in [1.82, 2.24) is 0 Å². The Labute approximate surface area is 114 Å². The first-order valence-electron chi connectivity index (χ1n) is 7.68. The Morgan fingerprint density at radius 3 is 1.61 bits per heavy atom. The average Bonchev–Trinajstić information content (AvgIpc) is 2.27. The summed E-state index contributed by atoms with van der Waals surface area (Å²) in [6.45, 7) is 0. The Hall–Kier alpha value is -0.370. The maximum atomic E-state index is 12.7. The van der Waals surface area contributed by atoms with Crippen LogP contribution in [0.25, 0.3) is 0 Å². The van der Waals surface area contributed by atoms with Gasteiger partial charge in [0, 0.05) is 9.81 Å². The van der Waals surface area contributed by atoms with Gasteiger partial charge in [-0.25, -0.2) is 4.21 Å². The van der Waals surface area contributed by atoms with E-state index in [9.17, 15) is 4.21 Å². The van der Waals surface area contributed by atoms with Crippen LogP contribution in [0.4, 0.5) is 0 Å². The molecular weight excluding hydrogens is 240 g/mol. The van der Waals surface area contributed by atoms with E-state index in [2.05, 4.69) is 12.2 Å². The van der Waals surface area contributed by atoms with E-state index in [1.54, 1.807) is 0 Å². The van der Waals surface area contributed by atoms with Crippen molar-refractivity contribution in [1.29, 1.82) is 0 Å². The van der Waals surface area contributed by atoms with Crippen molar-refractivity contribution in [3.8, 4) is 0 Å². The molecular formula is C16H26OS. The molecule has 0 radical (unpaired) electrons. The number of hydrogen-bond acceptors (Lipinski definition) is 1. The third kappa shape index (κ3) is 4.38. The summed E-state index contributed by atoms with van der Waals surface area (Å²) < 4.78 is 12.7. The van der Waals surface area contributed by atoms with Gasteiger partial charge in [0.15, 0.2) is 0 Å². The normalized spacial score (nSPS) is 24.9. The number of allylic oxidation sites excluding steroid dienone is 4. The lowest BCUT2D eigenvalue weighted by Crippen LogP contribution is -2.03. The summed E-state index contributed by atoms with van der Waals surface area (Å²) in [5, 5.41) is 0. The smallest absolute Gasteiger partial charge is 0.0760 e. The Balaban J connectivity index is 2.03. The fourth-order valence-electron chi connectivity index (χ4n) is 2.83. The molecule has 0 amide bonds. The summed E-state index contributed by atoms with van der Waals surface area (Å²) in [5.74, 6) is 0. The van der Waals surface area contributed by atoms with Gasteiger partial charge in [-0.15, -0.1) is 0 Å². The van der Waals surface area contributed by atoms with Crippen LogP contribution in [0, 0.1) is 0 Å². The molecule has 0 saturated carbocycles. The Morgan fingerprint density at radius 1 is 0.667 bits per heavy atom. The zero-order valence-corrected chi connectivity index (χ0v) is 12.3. The molecule has 0 bridgehead atoms. The summed E-state index contributed by atoms with van der Waals surface area (Å²) in [5.41, 5.74) is 0. The molecule has 0 fully saturated rings. The summed E-state index contributed by atoms with van der Waals surface area (Å²) >= 11 is 0. The topological polar surface area (TPSA) is 17.1 Å². The van der Waals surface area contributed by atoms with Crippen molar-refractivity contribution in [2.24, 2.45) is 0 Å². The second kappa shape index (κ2) is 7.93. The van der Waals surface area contributed by atoms with Gasteiger partial charge in [0.25, 0.3) is 0 Å². The zero-order valence-electron chi connectivity index (χ0n) is 11.5. The maximum absolute atomic E-state index is 12.7. The van der Waals surface area contributed by atoms with Gasteiger partial charge in [0.05, 0.1) is 10.8 Å². The van der Waals surface area contributed by atoms with Crippen LogP contribution < -0.4 is 0 Å². The summed E-state index contributed by atoms with van der Waals surface area (Å²) in [6, 6.07) is 0. The molecule has 0 saturated heterocycles. The fraction of sp³-hybridized carbons (Fsp3) is 0.750. The first kappa shape index (κ1) is 14.0. The predicted octanol–water partition coefficient (Wildman–Crippen LogP) is 5.21. The lowest BCUT2D eigenvalue weighted by Gasteiger charge is -2.15. The largest absolute Gasteiger partial charge is 0.250 e. The third-order valence-corrected chi connectivity index (χ3v) is 5.67. The molecule has 0 unspecified atom stereocenters. The summed E-state index contributed by atoms with van der Waals surface area (Å²) in [4.78, 5) is 2.45. The van der Waals surface area contributed by atoms with Gasteiger partial charge in [0.1, 0.15) is 0 Å². The van der Waals surface area contributed by atoms with Crippen LogP contribution in [0.1, 0.15) is 77.0 Å². The highest BCUT2D eigenvalue weighted by molar-refractivity contribution is 7.92. The highest BCUT2D eigenvalue weighted by atomic mass is 32.2. The Morgan fingerprint density at radius 2 is 1.11 bits per heavy atom. The molecule has 102 valence electrons. The lowest BCUT2D eigenvalue weighted by molar-refractivity contribution is 0.624. The molecule has 2 heteroatoms. The van der Waals surface area contributed by atoms with Crippen LogP contribution in [-0.2, 0) is 10.8 Å². The number of rotatable bonds is 2. The van der Waals surface area contributed by atoms with E-state index in [-0.39, 0.29) is 0 Å². The quantitative estimate of drug-likeness (QED) is 0.670. The molecule has 0 spiro atoms. The van der Waals surface area contributed by atoms with Crippen molar-refractivity contribution in [3.63, 3.8) is 0 Å². The van der Waals surface area contributed by atoms with Crippen LogP contribution in [0.5, 0.6) is 0 Å². The van der Waals surface area contributed by atoms with Gasteiger partial charge in [0.2, 0.25) is 0 Å². The highest BCUT2D eigenvalue weighted by Crippen LogP contribution is 2.27. The molecule has 1 nitrogen and oxygen atoms in total. The molecule has 0 atom stereocenters. The second-order valence-corrected chi connectivity index (χ2v) is 7.10. The SMILES string of the molecule is O=S(C1=CCCCCCC1)C1=CCCCCCC1. The van der Waals surface area contributed by atoms with Gasteiger partial charge in [-0.2, -0.15) is 0 Å². The monoisotopic (exact) mass is 266 g/mol. The summed E-state index contributed by atoms with van der Waals surface area (Å²) in [6.07, 6.45) is 19.3. The van der Waals surface area contributed by atoms with Gasteiger partial charge < -0.3 is 0 Å². The Kier molecular flexibility index (Phi) is 6.19. The molecule has 0 heterocycles. The molecule has 0 N–H and O–H groups in total. The van der Waals surface area contributed by atoms with E-state index in [1.165, 1.54) is 61.2 Å². The molecule has 2 aliphatic rings. The molecule has 2 rings (SSSR count). The lowest BCUT2D eigenvalue weighted by atomic mass is 10.1. The predicted molar refractivity (Wildman–Crippen MR) is 79.7 cm³/mol. The van der Waals surface area contributed by atoms with Crippen molar-refractivity contribution in [2.45, 2.75) is 77.0 Å². The molecule has 2 aliphatic carbocycles.